The van der Waals surface area contributed by atoms with Gasteiger partial charge in [0.15, 0.2) is 0 Å². The van der Waals surface area contributed by atoms with E-state index in [4.69, 9.17) is 4.74 Å². The van der Waals surface area contributed by atoms with Gasteiger partial charge in [-0.2, -0.15) is 0 Å². The summed E-state index contributed by atoms with van der Waals surface area (Å²) in [5.41, 5.74) is 1.28. The van der Waals surface area contributed by atoms with Crippen LogP contribution in [0.3, 0.4) is 0 Å². The number of ether oxygens (including phenoxy) is 2. The highest BCUT2D eigenvalue weighted by Crippen LogP contribution is 2.16. The number of benzene rings is 1. The van der Waals surface area contributed by atoms with E-state index in [1.807, 2.05) is 26.0 Å². The zero-order valence-corrected chi connectivity index (χ0v) is 13.1. The van der Waals surface area contributed by atoms with Gasteiger partial charge in [-0.1, -0.05) is 25.0 Å². The van der Waals surface area contributed by atoms with E-state index in [1.165, 1.54) is 5.56 Å². The summed E-state index contributed by atoms with van der Waals surface area (Å²) in [5.74, 6) is 0.444. The van der Waals surface area contributed by atoms with Gasteiger partial charge in [-0.15, -0.1) is 0 Å². The van der Waals surface area contributed by atoms with Crippen molar-refractivity contribution in [3.05, 3.63) is 29.8 Å². The zero-order valence-electron chi connectivity index (χ0n) is 13.1. The SMILES string of the molecule is CC(C)Oc1ccc(CCCCCC2NC(=O)OC2=O)cc1. The largest absolute Gasteiger partial charge is 0.491 e. The van der Waals surface area contributed by atoms with E-state index >= 15 is 0 Å². The molecule has 1 atom stereocenters. The molecule has 1 aromatic carbocycles. The third-order valence-electron chi connectivity index (χ3n) is 3.52. The Morgan fingerprint density at radius 3 is 2.45 bits per heavy atom. The standard InChI is InChI=1S/C17H23NO4/c1-12(2)21-14-10-8-13(9-11-14)6-4-3-5-7-15-16(19)22-17(20)18-15/h8-12,15H,3-7H2,1-2H3,(H,18,20). The maximum absolute atomic E-state index is 11.3. The van der Waals surface area contributed by atoms with Crippen LogP contribution in [0.25, 0.3) is 0 Å². The molecule has 1 aromatic rings. The molecule has 5 nitrogen and oxygen atoms in total. The molecule has 5 heteroatoms. The molecule has 120 valence electrons. The smallest absolute Gasteiger partial charge is 0.415 e. The van der Waals surface area contributed by atoms with Gasteiger partial charge in [0.05, 0.1) is 6.10 Å². The molecule has 0 radical (unpaired) electrons. The fourth-order valence-corrected chi connectivity index (χ4v) is 2.44. The first-order valence-electron chi connectivity index (χ1n) is 7.82. The number of aryl methyl sites for hydroxylation is 1. The van der Waals surface area contributed by atoms with Crippen molar-refractivity contribution < 1.29 is 19.1 Å². The average Bonchev–Trinajstić information content (AvgIpc) is 2.78. The Hall–Kier alpha value is -2.04. The predicted molar refractivity (Wildman–Crippen MR) is 82.8 cm³/mol. The highest BCUT2D eigenvalue weighted by atomic mass is 16.6. The number of amides is 1. The topological polar surface area (TPSA) is 64.6 Å². The first-order valence-corrected chi connectivity index (χ1v) is 7.82. The molecule has 0 bridgehead atoms. The minimum atomic E-state index is -0.626. The van der Waals surface area contributed by atoms with E-state index < -0.39 is 18.1 Å². The van der Waals surface area contributed by atoms with E-state index in [9.17, 15) is 9.59 Å². The summed E-state index contributed by atoms with van der Waals surface area (Å²) in [4.78, 5) is 22.1. The normalized spacial score (nSPS) is 17.5. The summed E-state index contributed by atoms with van der Waals surface area (Å²) in [5, 5.41) is 2.51. The number of alkyl carbamates (subject to hydrolysis) is 1. The van der Waals surface area contributed by atoms with Crippen molar-refractivity contribution in [3.8, 4) is 5.75 Å². The molecular weight excluding hydrogens is 282 g/mol. The number of hydrogen-bond acceptors (Lipinski definition) is 4. The van der Waals surface area contributed by atoms with E-state index in [0.29, 0.717) is 6.42 Å². The van der Waals surface area contributed by atoms with Crippen molar-refractivity contribution in [1.82, 2.24) is 5.32 Å². The van der Waals surface area contributed by atoms with Crippen LogP contribution in [0.4, 0.5) is 4.79 Å². The molecule has 1 fully saturated rings. The van der Waals surface area contributed by atoms with Crippen molar-refractivity contribution >= 4 is 12.1 Å². The number of nitrogens with one attached hydrogen (secondary N) is 1. The molecule has 0 saturated carbocycles. The van der Waals surface area contributed by atoms with Crippen molar-refractivity contribution in [2.24, 2.45) is 0 Å². The van der Waals surface area contributed by atoms with Crippen molar-refractivity contribution in [2.45, 2.75) is 58.1 Å². The Labute approximate surface area is 131 Å². The zero-order chi connectivity index (χ0) is 15.9. The Kier molecular flexibility index (Phi) is 5.81. The Morgan fingerprint density at radius 2 is 1.86 bits per heavy atom. The third kappa shape index (κ3) is 5.06. The summed E-state index contributed by atoms with van der Waals surface area (Å²) in [6.07, 6.45) is 4.18. The Bertz CT molecular complexity index is 510. The molecular formula is C17H23NO4. The number of carbonyl (C=O) groups is 2. The van der Waals surface area contributed by atoms with Gasteiger partial charge in [0.2, 0.25) is 0 Å². The summed E-state index contributed by atoms with van der Waals surface area (Å²) in [7, 11) is 0. The molecule has 0 aliphatic carbocycles. The number of cyclic esters (lactones) is 2. The second-order valence-corrected chi connectivity index (χ2v) is 5.82. The molecule has 1 saturated heterocycles. The minimum absolute atomic E-state index is 0.189. The molecule has 1 aliphatic rings. The van der Waals surface area contributed by atoms with Crippen LogP contribution in [-0.2, 0) is 16.0 Å². The lowest BCUT2D eigenvalue weighted by molar-refractivity contribution is -0.135. The molecule has 1 heterocycles. The van der Waals surface area contributed by atoms with E-state index in [0.717, 1.165) is 31.4 Å². The lowest BCUT2D eigenvalue weighted by atomic mass is 10.0. The van der Waals surface area contributed by atoms with Gasteiger partial charge in [0.1, 0.15) is 11.8 Å². The predicted octanol–water partition coefficient (Wildman–Crippen LogP) is 3.21. The second kappa shape index (κ2) is 7.82. The first-order chi connectivity index (χ1) is 10.5. The monoisotopic (exact) mass is 305 g/mol. The lowest BCUT2D eigenvalue weighted by Crippen LogP contribution is -2.28. The lowest BCUT2D eigenvalue weighted by Gasteiger charge is -2.10. The molecule has 1 N–H and O–H groups in total. The number of hydrogen-bond donors (Lipinski definition) is 1. The number of rotatable bonds is 8. The molecule has 1 amide bonds. The quantitative estimate of drug-likeness (QED) is 0.455. The van der Waals surface area contributed by atoms with Crippen LogP contribution in [0.2, 0.25) is 0 Å². The van der Waals surface area contributed by atoms with Crippen LogP contribution in [0.1, 0.15) is 45.1 Å². The maximum Gasteiger partial charge on any atom is 0.415 e. The van der Waals surface area contributed by atoms with Gasteiger partial charge in [-0.3, -0.25) is 0 Å². The summed E-state index contributed by atoms with van der Waals surface area (Å²) >= 11 is 0. The van der Waals surface area contributed by atoms with Crippen LogP contribution in [0.15, 0.2) is 24.3 Å². The minimum Gasteiger partial charge on any atom is -0.491 e. The van der Waals surface area contributed by atoms with Crippen LogP contribution in [0.5, 0.6) is 5.75 Å². The molecule has 1 aliphatic heterocycles. The van der Waals surface area contributed by atoms with Gasteiger partial charge in [-0.05, 0) is 50.8 Å². The molecule has 0 spiro atoms. The average molecular weight is 305 g/mol. The molecule has 0 aromatic heterocycles. The maximum atomic E-state index is 11.3. The van der Waals surface area contributed by atoms with Gasteiger partial charge in [0, 0.05) is 0 Å². The van der Waals surface area contributed by atoms with Crippen LogP contribution < -0.4 is 10.1 Å². The Morgan fingerprint density at radius 1 is 1.14 bits per heavy atom. The van der Waals surface area contributed by atoms with Crippen molar-refractivity contribution in [3.63, 3.8) is 0 Å². The van der Waals surface area contributed by atoms with Crippen LogP contribution in [0, 0.1) is 0 Å². The van der Waals surface area contributed by atoms with Crippen LogP contribution in [-0.4, -0.2) is 24.2 Å². The summed E-state index contributed by atoms with van der Waals surface area (Å²) in [6, 6.07) is 7.72. The number of carbonyl (C=O) groups excluding carboxylic acids is 2. The van der Waals surface area contributed by atoms with E-state index in [-0.39, 0.29) is 6.10 Å². The first kappa shape index (κ1) is 16.3. The fraction of sp³-hybridized carbons (Fsp3) is 0.529. The van der Waals surface area contributed by atoms with Crippen molar-refractivity contribution in [1.29, 1.82) is 0 Å². The van der Waals surface area contributed by atoms with Gasteiger partial charge in [0.25, 0.3) is 0 Å². The molecule has 2 rings (SSSR count). The fourth-order valence-electron chi connectivity index (χ4n) is 2.44. The number of esters is 1. The highest BCUT2D eigenvalue weighted by Gasteiger charge is 2.31. The van der Waals surface area contributed by atoms with Crippen LogP contribution >= 0.6 is 0 Å². The van der Waals surface area contributed by atoms with Gasteiger partial charge in [-0.25, -0.2) is 9.59 Å². The Balaban J connectivity index is 1.62. The van der Waals surface area contributed by atoms with Crippen molar-refractivity contribution in [2.75, 3.05) is 0 Å². The van der Waals surface area contributed by atoms with E-state index in [2.05, 4.69) is 22.2 Å². The van der Waals surface area contributed by atoms with E-state index in [1.54, 1.807) is 0 Å². The molecule has 1 unspecified atom stereocenters. The summed E-state index contributed by atoms with van der Waals surface area (Å²) < 4.78 is 10.0. The highest BCUT2D eigenvalue weighted by molar-refractivity contribution is 5.95. The second-order valence-electron chi connectivity index (χ2n) is 5.82. The summed E-state index contributed by atoms with van der Waals surface area (Å²) in [6.45, 7) is 4.02. The molecule has 22 heavy (non-hydrogen) atoms. The third-order valence-corrected chi connectivity index (χ3v) is 3.52. The number of unbranched alkanes of at least 4 members (excludes halogenated alkanes) is 2. The van der Waals surface area contributed by atoms with Gasteiger partial charge < -0.3 is 14.8 Å². The van der Waals surface area contributed by atoms with Gasteiger partial charge >= 0.3 is 12.1 Å².